The van der Waals surface area contributed by atoms with Crippen molar-refractivity contribution in [3.8, 4) is 5.75 Å². The summed E-state index contributed by atoms with van der Waals surface area (Å²) in [5, 5.41) is 14.9. The van der Waals surface area contributed by atoms with Gasteiger partial charge in [0.2, 0.25) is 5.95 Å². The number of nitrogens with one attached hydrogen (secondary N) is 2. The van der Waals surface area contributed by atoms with Crippen LogP contribution in [-0.4, -0.2) is 35.6 Å². The average Bonchev–Trinajstić information content (AvgIpc) is 2.64. The van der Waals surface area contributed by atoms with Crippen LogP contribution in [0.25, 0.3) is 0 Å². The van der Waals surface area contributed by atoms with Crippen molar-refractivity contribution >= 4 is 47.2 Å². The number of methoxy groups -OCH3 is 1. The van der Waals surface area contributed by atoms with Crippen LogP contribution in [-0.2, 0) is 4.57 Å². The van der Waals surface area contributed by atoms with E-state index in [4.69, 9.17) is 16.3 Å². The Morgan fingerprint density at radius 3 is 2.44 bits per heavy atom. The molecule has 0 aliphatic carbocycles. The van der Waals surface area contributed by atoms with E-state index in [0.717, 1.165) is 11.0 Å². The molecule has 0 unspecified atom stereocenters. The van der Waals surface area contributed by atoms with E-state index in [1.165, 1.54) is 0 Å². The molecule has 27 heavy (non-hydrogen) atoms. The Labute approximate surface area is 162 Å². The number of halogens is 1. The standard InChI is InChI=1S/C18H19ClN5O2P/c1-26-15-11-13(27(2,3)25)9-10-14(15)21-18-22-17(16(19)23-24-18)20-12-7-5-4-6-8-12/h4-11H,1-3H3,(H2,20,21,22,24). The molecule has 0 aliphatic heterocycles. The lowest BCUT2D eigenvalue weighted by molar-refractivity contribution is 0.417. The minimum atomic E-state index is -2.39. The lowest BCUT2D eigenvalue weighted by Crippen LogP contribution is -2.07. The summed E-state index contributed by atoms with van der Waals surface area (Å²) in [5.74, 6) is 1.16. The number of nitrogens with zero attached hydrogens (tertiary/aromatic N) is 3. The predicted octanol–water partition coefficient (Wildman–Crippen LogP) is 4.27. The van der Waals surface area contributed by atoms with Gasteiger partial charge in [0.05, 0.1) is 12.8 Å². The monoisotopic (exact) mass is 403 g/mol. The first-order valence-electron chi connectivity index (χ1n) is 8.10. The molecule has 0 spiro atoms. The number of anilines is 4. The van der Waals surface area contributed by atoms with Gasteiger partial charge >= 0.3 is 0 Å². The second-order valence-corrected chi connectivity index (χ2v) is 9.70. The number of aromatic nitrogens is 3. The van der Waals surface area contributed by atoms with Crippen LogP contribution in [0.5, 0.6) is 5.75 Å². The van der Waals surface area contributed by atoms with Gasteiger partial charge in [-0.15, -0.1) is 10.2 Å². The third-order valence-electron chi connectivity index (χ3n) is 3.74. The first-order chi connectivity index (χ1) is 12.9. The van der Waals surface area contributed by atoms with Gasteiger partial charge in [0, 0.05) is 11.0 Å². The molecule has 0 radical (unpaired) electrons. The zero-order valence-corrected chi connectivity index (χ0v) is 16.8. The molecule has 0 bridgehead atoms. The summed E-state index contributed by atoms with van der Waals surface area (Å²) in [6.45, 7) is 3.42. The highest BCUT2D eigenvalue weighted by Gasteiger charge is 2.15. The Hall–Kier alpha value is -2.63. The molecule has 1 heterocycles. The minimum absolute atomic E-state index is 0.157. The molecule has 0 saturated carbocycles. The molecule has 0 aliphatic rings. The molecule has 1 aromatic heterocycles. The highest BCUT2D eigenvalue weighted by Crippen LogP contribution is 2.37. The molecule has 7 nitrogen and oxygen atoms in total. The third-order valence-corrected chi connectivity index (χ3v) is 5.51. The molecule has 2 N–H and O–H groups in total. The molecule has 0 amide bonds. The van der Waals surface area contributed by atoms with Crippen molar-refractivity contribution in [2.24, 2.45) is 0 Å². The fraction of sp³-hybridized carbons (Fsp3) is 0.167. The first-order valence-corrected chi connectivity index (χ1v) is 11.1. The Morgan fingerprint density at radius 2 is 1.78 bits per heavy atom. The second kappa shape index (κ2) is 7.94. The fourth-order valence-corrected chi connectivity index (χ4v) is 3.33. The Bertz CT molecular complexity index is 994. The van der Waals surface area contributed by atoms with Gasteiger partial charge < -0.3 is 19.9 Å². The highest BCUT2D eigenvalue weighted by atomic mass is 35.5. The van der Waals surface area contributed by atoms with Gasteiger partial charge in [0.1, 0.15) is 12.9 Å². The summed E-state index contributed by atoms with van der Waals surface area (Å²) < 4.78 is 17.7. The van der Waals surface area contributed by atoms with E-state index in [-0.39, 0.29) is 11.1 Å². The lowest BCUT2D eigenvalue weighted by atomic mass is 10.3. The first kappa shape index (κ1) is 19.1. The van der Waals surface area contributed by atoms with Crippen LogP contribution in [0.1, 0.15) is 0 Å². The van der Waals surface area contributed by atoms with Crippen LogP contribution in [0.4, 0.5) is 23.1 Å². The van der Waals surface area contributed by atoms with Crippen molar-refractivity contribution in [3.05, 3.63) is 53.7 Å². The smallest absolute Gasteiger partial charge is 0.249 e. The number of para-hydroxylation sites is 1. The van der Waals surface area contributed by atoms with Gasteiger partial charge in [-0.2, -0.15) is 4.98 Å². The van der Waals surface area contributed by atoms with E-state index in [1.807, 2.05) is 30.3 Å². The summed E-state index contributed by atoms with van der Waals surface area (Å²) in [5.41, 5.74) is 1.46. The second-order valence-electron chi connectivity index (χ2n) is 6.13. The van der Waals surface area contributed by atoms with Crippen molar-refractivity contribution in [1.82, 2.24) is 15.2 Å². The summed E-state index contributed by atoms with van der Waals surface area (Å²) in [4.78, 5) is 4.37. The Morgan fingerprint density at radius 1 is 1.04 bits per heavy atom. The minimum Gasteiger partial charge on any atom is -0.495 e. The van der Waals surface area contributed by atoms with Gasteiger partial charge in [-0.1, -0.05) is 29.8 Å². The molecular formula is C18H19ClN5O2P. The van der Waals surface area contributed by atoms with E-state index in [1.54, 1.807) is 38.6 Å². The van der Waals surface area contributed by atoms with Gasteiger partial charge in [-0.05, 0) is 43.7 Å². The third kappa shape index (κ3) is 4.76. The van der Waals surface area contributed by atoms with Crippen LogP contribution in [0, 0.1) is 0 Å². The molecule has 2 aromatic carbocycles. The summed E-state index contributed by atoms with van der Waals surface area (Å²) in [6.07, 6.45) is 0. The van der Waals surface area contributed by atoms with Gasteiger partial charge in [-0.25, -0.2) is 0 Å². The van der Waals surface area contributed by atoms with Crippen molar-refractivity contribution < 1.29 is 9.30 Å². The fourth-order valence-electron chi connectivity index (χ4n) is 2.34. The van der Waals surface area contributed by atoms with Crippen molar-refractivity contribution in [3.63, 3.8) is 0 Å². The van der Waals surface area contributed by atoms with E-state index < -0.39 is 7.14 Å². The van der Waals surface area contributed by atoms with Crippen LogP contribution in [0.2, 0.25) is 5.15 Å². The maximum atomic E-state index is 12.3. The van der Waals surface area contributed by atoms with Crippen LogP contribution >= 0.6 is 18.7 Å². The molecule has 3 rings (SSSR count). The molecule has 0 atom stereocenters. The summed E-state index contributed by atoms with van der Waals surface area (Å²) in [6, 6.07) is 14.8. The Kier molecular flexibility index (Phi) is 5.63. The van der Waals surface area contributed by atoms with Gasteiger partial charge in [-0.3, -0.25) is 0 Å². The number of ether oxygens (including phenoxy) is 1. The number of benzene rings is 2. The maximum Gasteiger partial charge on any atom is 0.249 e. The molecule has 140 valence electrons. The van der Waals surface area contributed by atoms with E-state index >= 15 is 0 Å². The topological polar surface area (TPSA) is 89.0 Å². The quantitative estimate of drug-likeness (QED) is 0.594. The SMILES string of the molecule is COc1cc(P(C)(C)=O)ccc1Nc1nnc(Cl)c(Nc2ccccc2)n1. The molecule has 3 aromatic rings. The van der Waals surface area contributed by atoms with Crippen molar-refractivity contribution in [2.75, 3.05) is 31.1 Å². The summed E-state index contributed by atoms with van der Waals surface area (Å²) >= 11 is 6.10. The van der Waals surface area contributed by atoms with Crippen molar-refractivity contribution in [2.45, 2.75) is 0 Å². The molecule has 0 fully saturated rings. The van der Waals surface area contributed by atoms with Crippen molar-refractivity contribution in [1.29, 1.82) is 0 Å². The highest BCUT2D eigenvalue weighted by molar-refractivity contribution is 7.70. The van der Waals surface area contributed by atoms with Crippen LogP contribution in [0.15, 0.2) is 48.5 Å². The molecule has 0 saturated heterocycles. The summed E-state index contributed by atoms with van der Waals surface area (Å²) in [7, 11) is -0.847. The van der Waals surface area contributed by atoms with Crippen LogP contribution < -0.4 is 20.7 Å². The normalized spacial score (nSPS) is 11.1. The average molecular weight is 404 g/mol. The predicted molar refractivity (Wildman–Crippen MR) is 110 cm³/mol. The zero-order chi connectivity index (χ0) is 19.4. The van der Waals surface area contributed by atoms with Gasteiger partial charge in [0.25, 0.3) is 0 Å². The van der Waals surface area contributed by atoms with E-state index in [0.29, 0.717) is 17.3 Å². The lowest BCUT2D eigenvalue weighted by Gasteiger charge is -2.14. The van der Waals surface area contributed by atoms with E-state index in [9.17, 15) is 4.57 Å². The molecule has 9 heteroatoms. The van der Waals surface area contributed by atoms with Crippen LogP contribution in [0.3, 0.4) is 0 Å². The maximum absolute atomic E-state index is 12.3. The zero-order valence-electron chi connectivity index (χ0n) is 15.1. The number of rotatable bonds is 6. The van der Waals surface area contributed by atoms with Gasteiger partial charge in [0.15, 0.2) is 11.0 Å². The number of hydrogen-bond acceptors (Lipinski definition) is 7. The molecular weight excluding hydrogens is 385 g/mol. The van der Waals surface area contributed by atoms with E-state index in [2.05, 4.69) is 25.8 Å². The number of hydrogen-bond donors (Lipinski definition) is 2. The Balaban J connectivity index is 1.88. The largest absolute Gasteiger partial charge is 0.495 e.